The normalized spacial score (nSPS) is 10.8. The van der Waals surface area contributed by atoms with Crippen molar-refractivity contribution in [2.24, 2.45) is 5.18 Å². The fraction of sp³-hybridized carbons (Fsp3) is 0.143. The van der Waals surface area contributed by atoms with Gasteiger partial charge in [-0.1, -0.05) is 120 Å². The van der Waals surface area contributed by atoms with E-state index in [0.717, 1.165) is 0 Å². The Morgan fingerprint density at radius 3 is 1.09 bits per heavy atom. The SMILES string of the molecule is CC(C)(C)N=O.[C-]#[O+].[CH]1C=CC=C1.[Fe].c1ccc(P(c2ccccc2)c2ccccc2)cc1. The van der Waals surface area contributed by atoms with E-state index in [-0.39, 0.29) is 22.6 Å². The van der Waals surface area contributed by atoms with Crippen LogP contribution in [0.2, 0.25) is 0 Å². The molecule has 0 aliphatic heterocycles. The van der Waals surface area contributed by atoms with Crippen LogP contribution in [0.25, 0.3) is 0 Å². The van der Waals surface area contributed by atoms with Crippen molar-refractivity contribution < 1.29 is 21.7 Å². The third-order valence-electron chi connectivity index (χ3n) is 3.87. The van der Waals surface area contributed by atoms with Gasteiger partial charge in [-0.15, -0.1) is 0 Å². The second-order valence-electron chi connectivity index (χ2n) is 7.57. The first-order chi connectivity index (χ1) is 15.5. The standard InChI is InChI=1S/C18H15P.C5H5.C4H9NO.CO.Fe/c1-4-10-16(11-5-1)19(17-12-6-2-7-13-17)18-14-8-3-9-15-18;1-2-4-5-3-1;1-4(2,3)5-6;1-2;/h1-15H;1-5H;1-3H3;;. The van der Waals surface area contributed by atoms with Crippen molar-refractivity contribution in [3.8, 4) is 0 Å². The summed E-state index contributed by atoms with van der Waals surface area (Å²) in [6.07, 6.45) is 10.0. The Bertz CT molecular complexity index is 862. The van der Waals surface area contributed by atoms with Crippen LogP contribution in [-0.2, 0) is 21.7 Å². The average molecular weight is 498 g/mol. The zero-order chi connectivity index (χ0) is 23.7. The molecule has 33 heavy (non-hydrogen) atoms. The first-order valence-corrected chi connectivity index (χ1v) is 11.5. The summed E-state index contributed by atoms with van der Waals surface area (Å²) < 4.78 is 7.50. The number of allylic oxidation sites excluding steroid dienone is 4. The molecule has 0 saturated carbocycles. The molecule has 3 aromatic rings. The van der Waals surface area contributed by atoms with Crippen LogP contribution in [0.4, 0.5) is 0 Å². The topological polar surface area (TPSA) is 49.3 Å². The number of nitrogens with zero attached hydrogens (tertiary/aromatic N) is 1. The zero-order valence-electron chi connectivity index (χ0n) is 19.1. The molecule has 1 aliphatic rings. The van der Waals surface area contributed by atoms with Gasteiger partial charge in [0, 0.05) is 23.5 Å². The van der Waals surface area contributed by atoms with E-state index in [1.165, 1.54) is 15.9 Å². The fourth-order valence-electron chi connectivity index (χ4n) is 2.50. The van der Waals surface area contributed by atoms with Gasteiger partial charge in [-0.3, -0.25) is 0 Å². The summed E-state index contributed by atoms with van der Waals surface area (Å²) in [5, 5.41) is 6.96. The van der Waals surface area contributed by atoms with Gasteiger partial charge < -0.3 is 0 Å². The summed E-state index contributed by atoms with van der Waals surface area (Å²) in [6, 6.07) is 32.3. The summed E-state index contributed by atoms with van der Waals surface area (Å²) in [7, 11) is -0.446. The number of hydrogen-bond acceptors (Lipinski definition) is 2. The van der Waals surface area contributed by atoms with Crippen molar-refractivity contribution in [2.75, 3.05) is 0 Å². The summed E-state index contributed by atoms with van der Waals surface area (Å²) >= 11 is 0. The smallest absolute Gasteiger partial charge is 0.00506 e. The van der Waals surface area contributed by atoms with Crippen LogP contribution < -0.4 is 15.9 Å². The Balaban J connectivity index is 0.000000607. The van der Waals surface area contributed by atoms with Gasteiger partial charge in [-0.25, -0.2) is 0 Å². The van der Waals surface area contributed by atoms with Crippen LogP contribution in [0.5, 0.6) is 0 Å². The molecule has 0 saturated heterocycles. The zero-order valence-corrected chi connectivity index (χ0v) is 21.1. The average Bonchev–Trinajstić information content (AvgIpc) is 3.43. The number of benzene rings is 3. The second kappa shape index (κ2) is 17.9. The molecule has 0 spiro atoms. The van der Waals surface area contributed by atoms with Gasteiger partial charge in [-0.2, -0.15) is 4.91 Å². The molecule has 0 fully saturated rings. The molecular formula is C28H29FeNO2P. The van der Waals surface area contributed by atoms with Crippen molar-refractivity contribution in [1.82, 2.24) is 0 Å². The van der Waals surface area contributed by atoms with E-state index in [4.69, 9.17) is 4.65 Å². The maximum Gasteiger partial charge on any atom is 0.00506 e. The first-order valence-electron chi connectivity index (χ1n) is 10.2. The van der Waals surface area contributed by atoms with E-state index in [0.29, 0.717) is 0 Å². The molecule has 0 amide bonds. The summed E-state index contributed by atoms with van der Waals surface area (Å²) in [4.78, 5) is 9.58. The molecule has 1 aliphatic carbocycles. The van der Waals surface area contributed by atoms with Gasteiger partial charge in [0.05, 0.1) is 5.54 Å². The molecule has 0 heterocycles. The molecule has 3 nitrogen and oxygen atoms in total. The van der Waals surface area contributed by atoms with Gasteiger partial charge in [0.2, 0.25) is 0 Å². The van der Waals surface area contributed by atoms with Gasteiger partial charge in [0.25, 0.3) is 0 Å². The third-order valence-corrected chi connectivity index (χ3v) is 6.32. The van der Waals surface area contributed by atoms with Crippen LogP contribution >= 0.6 is 7.92 Å². The molecule has 0 bridgehead atoms. The Kier molecular flexibility index (Phi) is 16.5. The monoisotopic (exact) mass is 498 g/mol. The van der Waals surface area contributed by atoms with Crippen LogP contribution in [0.3, 0.4) is 0 Å². The van der Waals surface area contributed by atoms with E-state index in [2.05, 4.69) is 103 Å². The van der Waals surface area contributed by atoms with Crippen molar-refractivity contribution in [3.05, 3.63) is 133 Å². The summed E-state index contributed by atoms with van der Waals surface area (Å²) in [5.74, 6) is 0. The molecule has 1 radical (unpaired) electrons. The van der Waals surface area contributed by atoms with Crippen molar-refractivity contribution in [1.29, 1.82) is 0 Å². The Morgan fingerprint density at radius 1 is 0.636 bits per heavy atom. The predicted octanol–water partition coefficient (Wildman–Crippen LogP) is 6.27. The van der Waals surface area contributed by atoms with Crippen molar-refractivity contribution in [3.63, 3.8) is 0 Å². The maximum absolute atomic E-state index is 9.58. The van der Waals surface area contributed by atoms with E-state index in [9.17, 15) is 4.91 Å². The van der Waals surface area contributed by atoms with Crippen molar-refractivity contribution >= 4 is 23.8 Å². The van der Waals surface area contributed by atoms with Gasteiger partial charge in [0.15, 0.2) is 0 Å². The van der Waals surface area contributed by atoms with Crippen molar-refractivity contribution in [2.45, 2.75) is 26.3 Å². The molecule has 171 valence electrons. The Hall–Kier alpha value is -2.57. The molecule has 0 N–H and O–H groups in total. The molecule has 0 unspecified atom stereocenters. The molecule has 4 rings (SSSR count). The predicted molar refractivity (Wildman–Crippen MR) is 137 cm³/mol. The van der Waals surface area contributed by atoms with Crippen LogP contribution in [0.1, 0.15) is 20.8 Å². The Labute approximate surface area is 209 Å². The van der Waals surface area contributed by atoms with Gasteiger partial charge in [-0.05, 0) is 44.6 Å². The molecule has 3 aromatic carbocycles. The quantitative estimate of drug-likeness (QED) is 0.138. The first kappa shape index (κ1) is 30.4. The number of hydrogen-bond donors (Lipinski definition) is 0. The van der Waals surface area contributed by atoms with E-state index in [1.807, 2.05) is 30.7 Å². The molecule has 0 atom stereocenters. The van der Waals surface area contributed by atoms with Gasteiger partial charge in [0.1, 0.15) is 0 Å². The number of nitroso groups, excluding NO2 is 1. The summed E-state index contributed by atoms with van der Waals surface area (Å²) in [6.45, 7) is 9.79. The fourth-order valence-corrected chi connectivity index (χ4v) is 4.80. The molecule has 0 aromatic heterocycles. The van der Waals surface area contributed by atoms with Gasteiger partial charge >= 0.3 is 11.3 Å². The van der Waals surface area contributed by atoms with E-state index >= 15 is 0 Å². The minimum atomic E-state index is -0.446. The second-order valence-corrected chi connectivity index (χ2v) is 9.79. The maximum atomic E-state index is 9.58. The van der Waals surface area contributed by atoms with Crippen LogP contribution in [0.15, 0.2) is 120 Å². The summed E-state index contributed by atoms with van der Waals surface area (Å²) in [5.41, 5.74) is -0.389. The minimum Gasteiger partial charge on any atom is -0.0767 e. The number of rotatable bonds is 3. The largest absolute Gasteiger partial charge is 0.0767 e. The molecular weight excluding hydrogens is 469 g/mol. The third kappa shape index (κ3) is 12.9. The van der Waals surface area contributed by atoms with E-state index < -0.39 is 7.92 Å². The van der Waals surface area contributed by atoms with Crippen LogP contribution in [-0.4, -0.2) is 5.54 Å². The minimum absolute atomic E-state index is 0. The molecule has 5 heteroatoms. The van der Waals surface area contributed by atoms with E-state index in [1.54, 1.807) is 20.8 Å². The Morgan fingerprint density at radius 2 is 0.909 bits per heavy atom. The van der Waals surface area contributed by atoms with Crippen LogP contribution in [0, 0.1) is 18.0 Å².